The Morgan fingerprint density at radius 2 is 1.53 bits per heavy atom. The van der Waals surface area contributed by atoms with Gasteiger partial charge in [0.05, 0.1) is 6.10 Å². The van der Waals surface area contributed by atoms with Crippen molar-refractivity contribution in [3.63, 3.8) is 0 Å². The smallest absolute Gasteiger partial charge is 0.0540 e. The highest BCUT2D eigenvalue weighted by Gasteiger charge is 2.15. The summed E-state index contributed by atoms with van der Waals surface area (Å²) in [6.45, 7) is 6.65. The van der Waals surface area contributed by atoms with Crippen molar-refractivity contribution in [1.29, 1.82) is 0 Å². The molecule has 0 aliphatic heterocycles. The molecule has 0 aromatic rings. The van der Waals surface area contributed by atoms with Crippen LogP contribution in [0, 0.1) is 5.41 Å². The Bertz CT molecular complexity index is 166. The van der Waals surface area contributed by atoms with Crippen LogP contribution in [0.1, 0.15) is 78.6 Å². The van der Waals surface area contributed by atoms with Crippen LogP contribution in [0.4, 0.5) is 0 Å². The third kappa shape index (κ3) is 10.8. The summed E-state index contributed by atoms with van der Waals surface area (Å²) in [6, 6.07) is 0. The molecule has 0 fully saturated rings. The molecular formula is C15H32O2. The fourth-order valence-corrected chi connectivity index (χ4v) is 2.01. The van der Waals surface area contributed by atoms with Gasteiger partial charge in [-0.25, -0.2) is 0 Å². The molecule has 0 amide bonds. The number of unbranched alkanes of at least 4 members (excludes halogenated alkanes) is 4. The Labute approximate surface area is 107 Å². The molecule has 2 N–H and O–H groups in total. The van der Waals surface area contributed by atoms with E-state index >= 15 is 0 Å². The second-order valence-corrected chi connectivity index (χ2v) is 6.07. The standard InChI is InChI=1S/C15H32O2/c1-4-5-6-7-10-14(17)11-8-9-12-15(2,3)13-16/h14,16-17H,4-13H2,1-3H3. The Morgan fingerprint density at radius 1 is 0.941 bits per heavy atom. The summed E-state index contributed by atoms with van der Waals surface area (Å²) in [6.07, 6.45) is 9.98. The minimum absolute atomic E-state index is 0.0477. The van der Waals surface area contributed by atoms with Gasteiger partial charge in [-0.15, -0.1) is 0 Å². The SMILES string of the molecule is CCCCCCC(O)CCCCC(C)(C)CO. The maximum atomic E-state index is 9.79. The summed E-state index contributed by atoms with van der Waals surface area (Å²) in [5, 5.41) is 18.9. The molecule has 0 heterocycles. The number of rotatable bonds is 11. The van der Waals surface area contributed by atoms with E-state index in [1.807, 2.05) is 0 Å². The Hall–Kier alpha value is -0.0800. The van der Waals surface area contributed by atoms with Gasteiger partial charge < -0.3 is 10.2 Å². The van der Waals surface area contributed by atoms with Crippen LogP contribution in [0.25, 0.3) is 0 Å². The lowest BCUT2D eigenvalue weighted by Crippen LogP contribution is -2.16. The van der Waals surface area contributed by atoms with E-state index in [0.717, 1.165) is 38.5 Å². The summed E-state index contributed by atoms with van der Waals surface area (Å²) >= 11 is 0. The van der Waals surface area contributed by atoms with E-state index in [2.05, 4.69) is 20.8 Å². The first kappa shape index (κ1) is 16.9. The molecule has 2 heteroatoms. The first-order valence-electron chi connectivity index (χ1n) is 7.31. The summed E-state index contributed by atoms with van der Waals surface area (Å²) in [4.78, 5) is 0. The Kier molecular flexibility index (Phi) is 9.85. The second kappa shape index (κ2) is 9.90. The number of hydrogen-bond donors (Lipinski definition) is 2. The normalized spacial score (nSPS) is 13.9. The van der Waals surface area contributed by atoms with Gasteiger partial charge >= 0.3 is 0 Å². The Morgan fingerprint density at radius 3 is 2.06 bits per heavy atom. The molecule has 1 atom stereocenters. The van der Waals surface area contributed by atoms with E-state index < -0.39 is 0 Å². The molecule has 0 saturated carbocycles. The van der Waals surface area contributed by atoms with Crippen LogP contribution >= 0.6 is 0 Å². The van der Waals surface area contributed by atoms with Crippen molar-refractivity contribution in [2.75, 3.05) is 6.61 Å². The van der Waals surface area contributed by atoms with E-state index in [0.29, 0.717) is 0 Å². The fourth-order valence-electron chi connectivity index (χ4n) is 2.01. The van der Waals surface area contributed by atoms with E-state index in [1.165, 1.54) is 19.3 Å². The van der Waals surface area contributed by atoms with Crippen molar-refractivity contribution in [3.8, 4) is 0 Å². The van der Waals surface area contributed by atoms with Gasteiger partial charge in [-0.2, -0.15) is 0 Å². The molecule has 0 saturated heterocycles. The maximum Gasteiger partial charge on any atom is 0.0540 e. The van der Waals surface area contributed by atoms with E-state index in [-0.39, 0.29) is 18.1 Å². The molecule has 0 bridgehead atoms. The first-order valence-corrected chi connectivity index (χ1v) is 7.31. The zero-order chi connectivity index (χ0) is 13.1. The van der Waals surface area contributed by atoms with Crippen molar-refractivity contribution in [3.05, 3.63) is 0 Å². The molecule has 2 nitrogen and oxygen atoms in total. The minimum atomic E-state index is -0.107. The van der Waals surface area contributed by atoms with Gasteiger partial charge in [-0.05, 0) is 24.7 Å². The third-order valence-corrected chi connectivity index (χ3v) is 3.46. The molecule has 104 valence electrons. The average molecular weight is 244 g/mol. The van der Waals surface area contributed by atoms with Crippen molar-refractivity contribution < 1.29 is 10.2 Å². The molecule has 17 heavy (non-hydrogen) atoms. The fraction of sp³-hybridized carbons (Fsp3) is 1.00. The van der Waals surface area contributed by atoms with Crippen LogP contribution in [0.5, 0.6) is 0 Å². The zero-order valence-corrected chi connectivity index (χ0v) is 12.0. The van der Waals surface area contributed by atoms with Crippen LogP contribution in [-0.2, 0) is 0 Å². The van der Waals surface area contributed by atoms with Gasteiger partial charge in [-0.1, -0.05) is 59.3 Å². The lowest BCUT2D eigenvalue weighted by atomic mass is 9.87. The average Bonchev–Trinajstić information content (AvgIpc) is 2.30. The highest BCUT2D eigenvalue weighted by molar-refractivity contribution is 4.67. The van der Waals surface area contributed by atoms with Crippen molar-refractivity contribution in [2.45, 2.75) is 84.7 Å². The van der Waals surface area contributed by atoms with Gasteiger partial charge in [0.1, 0.15) is 0 Å². The first-order chi connectivity index (χ1) is 8.02. The topological polar surface area (TPSA) is 40.5 Å². The van der Waals surface area contributed by atoms with Crippen LogP contribution < -0.4 is 0 Å². The monoisotopic (exact) mass is 244 g/mol. The van der Waals surface area contributed by atoms with Crippen LogP contribution in [0.15, 0.2) is 0 Å². The van der Waals surface area contributed by atoms with E-state index in [1.54, 1.807) is 0 Å². The summed E-state index contributed by atoms with van der Waals surface area (Å²) in [5.41, 5.74) is 0.0477. The van der Waals surface area contributed by atoms with Gasteiger partial charge in [0.25, 0.3) is 0 Å². The predicted molar refractivity (Wildman–Crippen MR) is 74.1 cm³/mol. The van der Waals surface area contributed by atoms with Gasteiger partial charge in [-0.3, -0.25) is 0 Å². The van der Waals surface area contributed by atoms with E-state index in [4.69, 9.17) is 5.11 Å². The largest absolute Gasteiger partial charge is 0.396 e. The summed E-state index contributed by atoms with van der Waals surface area (Å²) in [5.74, 6) is 0. The molecule has 0 radical (unpaired) electrons. The molecule has 0 aliphatic carbocycles. The number of hydrogen-bond acceptors (Lipinski definition) is 2. The van der Waals surface area contributed by atoms with Crippen molar-refractivity contribution in [2.24, 2.45) is 5.41 Å². The molecule has 0 aliphatic rings. The number of aliphatic hydroxyl groups excluding tert-OH is 2. The highest BCUT2D eigenvalue weighted by atomic mass is 16.3. The molecular weight excluding hydrogens is 212 g/mol. The van der Waals surface area contributed by atoms with Gasteiger partial charge in [0.15, 0.2) is 0 Å². The van der Waals surface area contributed by atoms with Crippen LogP contribution in [0.3, 0.4) is 0 Å². The lowest BCUT2D eigenvalue weighted by molar-refractivity contribution is 0.132. The lowest BCUT2D eigenvalue weighted by Gasteiger charge is -2.21. The third-order valence-electron chi connectivity index (χ3n) is 3.46. The zero-order valence-electron chi connectivity index (χ0n) is 12.0. The van der Waals surface area contributed by atoms with Gasteiger partial charge in [0.2, 0.25) is 0 Å². The minimum Gasteiger partial charge on any atom is -0.396 e. The molecule has 1 unspecified atom stereocenters. The summed E-state index contributed by atoms with van der Waals surface area (Å²) < 4.78 is 0. The predicted octanol–water partition coefficient (Wildman–Crippen LogP) is 3.90. The summed E-state index contributed by atoms with van der Waals surface area (Å²) in [7, 11) is 0. The molecule has 0 rings (SSSR count). The van der Waals surface area contributed by atoms with Crippen molar-refractivity contribution >= 4 is 0 Å². The quantitative estimate of drug-likeness (QED) is 0.541. The Balaban J connectivity index is 3.36. The van der Waals surface area contributed by atoms with E-state index in [9.17, 15) is 5.11 Å². The number of aliphatic hydroxyl groups is 2. The maximum absolute atomic E-state index is 9.79. The van der Waals surface area contributed by atoms with Gasteiger partial charge in [0, 0.05) is 6.61 Å². The van der Waals surface area contributed by atoms with Crippen LogP contribution in [-0.4, -0.2) is 22.9 Å². The van der Waals surface area contributed by atoms with Crippen molar-refractivity contribution in [1.82, 2.24) is 0 Å². The molecule has 0 aromatic heterocycles. The highest BCUT2D eigenvalue weighted by Crippen LogP contribution is 2.23. The van der Waals surface area contributed by atoms with Crippen LogP contribution in [0.2, 0.25) is 0 Å². The second-order valence-electron chi connectivity index (χ2n) is 6.07. The molecule has 0 aromatic carbocycles. The molecule has 0 spiro atoms.